The number of benzene rings is 2. The minimum absolute atomic E-state index is 0.124. The van der Waals surface area contributed by atoms with Gasteiger partial charge in [0.25, 0.3) is 5.91 Å². The van der Waals surface area contributed by atoms with Crippen molar-refractivity contribution in [2.24, 2.45) is 0 Å². The Bertz CT molecular complexity index is 658. The van der Waals surface area contributed by atoms with Crippen molar-refractivity contribution in [1.29, 1.82) is 0 Å². The number of hydrogen-bond donors (Lipinski definition) is 2. The molecular weight excluding hydrogens is 332 g/mol. The third kappa shape index (κ3) is 3.55. The smallest absolute Gasteiger partial charge is 0.255 e. The van der Waals surface area contributed by atoms with Crippen molar-refractivity contribution in [1.82, 2.24) is 5.32 Å². The SMILES string of the molecule is COc1c(N)cccc1C(=O)NC(C)c1cccc(Br)c1. The number of anilines is 1. The molecule has 21 heavy (non-hydrogen) atoms. The largest absolute Gasteiger partial charge is 0.494 e. The van der Waals surface area contributed by atoms with E-state index in [2.05, 4.69) is 21.2 Å². The normalized spacial score (nSPS) is 11.8. The second-order valence-electron chi connectivity index (χ2n) is 4.68. The highest BCUT2D eigenvalue weighted by Crippen LogP contribution is 2.26. The van der Waals surface area contributed by atoms with Crippen molar-refractivity contribution in [3.63, 3.8) is 0 Å². The van der Waals surface area contributed by atoms with E-state index in [0.29, 0.717) is 17.0 Å². The van der Waals surface area contributed by atoms with Crippen LogP contribution in [-0.2, 0) is 0 Å². The van der Waals surface area contributed by atoms with Gasteiger partial charge in [0.15, 0.2) is 5.75 Å². The van der Waals surface area contributed by atoms with Crippen LogP contribution in [0.1, 0.15) is 28.9 Å². The molecule has 0 spiro atoms. The zero-order valence-corrected chi connectivity index (χ0v) is 13.5. The van der Waals surface area contributed by atoms with Crippen molar-refractivity contribution in [2.45, 2.75) is 13.0 Å². The molecule has 0 aliphatic heterocycles. The second-order valence-corrected chi connectivity index (χ2v) is 5.59. The number of amides is 1. The van der Waals surface area contributed by atoms with E-state index in [-0.39, 0.29) is 11.9 Å². The van der Waals surface area contributed by atoms with Crippen LogP contribution < -0.4 is 15.8 Å². The van der Waals surface area contributed by atoms with Gasteiger partial charge in [-0.2, -0.15) is 0 Å². The fourth-order valence-electron chi connectivity index (χ4n) is 2.10. The number of nitrogens with two attached hydrogens (primary N) is 1. The van der Waals surface area contributed by atoms with Crippen LogP contribution in [0.15, 0.2) is 46.9 Å². The zero-order chi connectivity index (χ0) is 15.4. The fourth-order valence-corrected chi connectivity index (χ4v) is 2.51. The van der Waals surface area contributed by atoms with E-state index in [1.165, 1.54) is 7.11 Å². The fraction of sp³-hybridized carbons (Fsp3) is 0.188. The summed E-state index contributed by atoms with van der Waals surface area (Å²) in [6, 6.07) is 12.8. The highest BCUT2D eigenvalue weighted by molar-refractivity contribution is 9.10. The molecule has 2 aromatic carbocycles. The molecular formula is C16H17BrN2O2. The van der Waals surface area contributed by atoms with Crippen LogP contribution in [0, 0.1) is 0 Å². The molecule has 0 radical (unpaired) electrons. The predicted octanol–water partition coefficient (Wildman–Crippen LogP) is 3.53. The van der Waals surface area contributed by atoms with Crippen molar-refractivity contribution < 1.29 is 9.53 Å². The first-order valence-corrected chi connectivity index (χ1v) is 7.31. The highest BCUT2D eigenvalue weighted by Gasteiger charge is 2.17. The molecule has 1 atom stereocenters. The molecule has 0 aliphatic carbocycles. The topological polar surface area (TPSA) is 64.3 Å². The van der Waals surface area contributed by atoms with Crippen LogP contribution in [0.4, 0.5) is 5.69 Å². The zero-order valence-electron chi connectivity index (χ0n) is 11.9. The second kappa shape index (κ2) is 6.63. The van der Waals surface area contributed by atoms with Gasteiger partial charge in [-0.15, -0.1) is 0 Å². The summed E-state index contributed by atoms with van der Waals surface area (Å²) < 4.78 is 6.18. The number of hydrogen-bond acceptors (Lipinski definition) is 3. The summed E-state index contributed by atoms with van der Waals surface area (Å²) in [5, 5.41) is 2.95. The molecule has 1 unspecified atom stereocenters. The van der Waals surface area contributed by atoms with Crippen molar-refractivity contribution in [2.75, 3.05) is 12.8 Å². The molecule has 0 aromatic heterocycles. The van der Waals surface area contributed by atoms with Gasteiger partial charge in [0.2, 0.25) is 0 Å². The van der Waals surface area contributed by atoms with E-state index in [1.807, 2.05) is 31.2 Å². The number of halogens is 1. The Morgan fingerprint density at radius 1 is 1.29 bits per heavy atom. The quantitative estimate of drug-likeness (QED) is 0.830. The first-order valence-electron chi connectivity index (χ1n) is 6.51. The van der Waals surface area contributed by atoms with Gasteiger partial charge >= 0.3 is 0 Å². The third-order valence-corrected chi connectivity index (χ3v) is 3.68. The van der Waals surface area contributed by atoms with Gasteiger partial charge in [-0.25, -0.2) is 0 Å². The molecule has 3 N–H and O–H groups in total. The molecule has 1 amide bonds. The average molecular weight is 349 g/mol. The number of para-hydroxylation sites is 1. The number of methoxy groups -OCH3 is 1. The van der Waals surface area contributed by atoms with Crippen LogP contribution in [0.2, 0.25) is 0 Å². The summed E-state index contributed by atoms with van der Waals surface area (Å²) in [6.07, 6.45) is 0. The van der Waals surface area contributed by atoms with Crippen LogP contribution >= 0.6 is 15.9 Å². The molecule has 0 saturated carbocycles. The van der Waals surface area contributed by atoms with Crippen LogP contribution in [-0.4, -0.2) is 13.0 Å². The molecule has 2 aromatic rings. The molecule has 0 aliphatic rings. The standard InChI is InChI=1S/C16H17BrN2O2/c1-10(11-5-3-6-12(17)9-11)19-16(20)13-7-4-8-14(18)15(13)21-2/h3-10H,18H2,1-2H3,(H,19,20). The van der Waals surface area contributed by atoms with Gasteiger partial charge in [0.1, 0.15) is 0 Å². The van der Waals surface area contributed by atoms with E-state index in [4.69, 9.17) is 10.5 Å². The van der Waals surface area contributed by atoms with Crippen molar-refractivity contribution >= 4 is 27.5 Å². The lowest BCUT2D eigenvalue weighted by Crippen LogP contribution is -2.27. The molecule has 4 nitrogen and oxygen atoms in total. The first-order chi connectivity index (χ1) is 10.0. The number of nitrogen functional groups attached to an aromatic ring is 1. The van der Waals surface area contributed by atoms with E-state index in [0.717, 1.165) is 10.0 Å². The lowest BCUT2D eigenvalue weighted by molar-refractivity contribution is 0.0937. The van der Waals surface area contributed by atoms with Gasteiger partial charge in [-0.3, -0.25) is 4.79 Å². The molecule has 0 fully saturated rings. The lowest BCUT2D eigenvalue weighted by Gasteiger charge is -2.16. The Labute approximate surface area is 132 Å². The van der Waals surface area contributed by atoms with Gasteiger partial charge in [-0.1, -0.05) is 34.1 Å². The number of carbonyl (C=O) groups excluding carboxylic acids is 1. The van der Waals surface area contributed by atoms with Crippen molar-refractivity contribution in [3.05, 3.63) is 58.1 Å². The van der Waals surface area contributed by atoms with E-state index < -0.39 is 0 Å². The van der Waals surface area contributed by atoms with Gasteiger partial charge in [0.05, 0.1) is 24.4 Å². The summed E-state index contributed by atoms with van der Waals surface area (Å²) in [4.78, 5) is 12.4. The maximum absolute atomic E-state index is 12.4. The molecule has 110 valence electrons. The molecule has 0 bridgehead atoms. The predicted molar refractivity (Wildman–Crippen MR) is 87.4 cm³/mol. The van der Waals surface area contributed by atoms with Gasteiger partial charge in [0, 0.05) is 4.47 Å². The van der Waals surface area contributed by atoms with Gasteiger partial charge in [-0.05, 0) is 36.8 Å². The van der Waals surface area contributed by atoms with E-state index in [1.54, 1.807) is 18.2 Å². The Hall–Kier alpha value is -2.01. The molecule has 0 heterocycles. The monoisotopic (exact) mass is 348 g/mol. The minimum atomic E-state index is -0.216. The van der Waals surface area contributed by atoms with E-state index >= 15 is 0 Å². The molecule has 2 rings (SSSR count). The summed E-state index contributed by atoms with van der Waals surface area (Å²) in [6.45, 7) is 1.93. The number of ether oxygens (including phenoxy) is 1. The maximum atomic E-state index is 12.4. The Morgan fingerprint density at radius 2 is 2.00 bits per heavy atom. The summed E-state index contributed by atoms with van der Waals surface area (Å²) in [5.41, 5.74) is 7.71. The number of rotatable bonds is 4. The van der Waals surface area contributed by atoms with Crippen molar-refractivity contribution in [3.8, 4) is 5.75 Å². The van der Waals surface area contributed by atoms with Crippen LogP contribution in [0.5, 0.6) is 5.75 Å². The van der Waals surface area contributed by atoms with Crippen LogP contribution in [0.25, 0.3) is 0 Å². The minimum Gasteiger partial charge on any atom is -0.494 e. The third-order valence-electron chi connectivity index (χ3n) is 3.19. The number of carbonyl (C=O) groups is 1. The van der Waals surface area contributed by atoms with Gasteiger partial charge < -0.3 is 15.8 Å². The van der Waals surface area contributed by atoms with E-state index in [9.17, 15) is 4.79 Å². The average Bonchev–Trinajstić information content (AvgIpc) is 2.46. The maximum Gasteiger partial charge on any atom is 0.255 e. The Kier molecular flexibility index (Phi) is 4.85. The molecule has 0 saturated heterocycles. The Balaban J connectivity index is 2.20. The summed E-state index contributed by atoms with van der Waals surface area (Å²) in [7, 11) is 1.50. The summed E-state index contributed by atoms with van der Waals surface area (Å²) in [5.74, 6) is 0.183. The Morgan fingerprint density at radius 3 is 2.67 bits per heavy atom. The summed E-state index contributed by atoms with van der Waals surface area (Å²) >= 11 is 3.42. The molecule has 5 heteroatoms. The highest BCUT2D eigenvalue weighted by atomic mass is 79.9. The first kappa shape index (κ1) is 15.4. The lowest BCUT2D eigenvalue weighted by atomic mass is 10.1. The van der Waals surface area contributed by atoms with Crippen LogP contribution in [0.3, 0.4) is 0 Å². The number of nitrogens with one attached hydrogen (secondary N) is 1.